The molecule has 17 heavy (non-hydrogen) atoms. The third kappa shape index (κ3) is 5.05. The van der Waals surface area contributed by atoms with Crippen molar-refractivity contribution in [1.29, 1.82) is 0 Å². The van der Waals surface area contributed by atoms with E-state index >= 15 is 0 Å². The molecule has 0 bridgehead atoms. The van der Waals surface area contributed by atoms with E-state index in [9.17, 15) is 4.79 Å². The first kappa shape index (κ1) is 13.8. The molecule has 0 fully saturated rings. The Labute approximate surface area is 107 Å². The van der Waals surface area contributed by atoms with Crippen molar-refractivity contribution in [1.82, 2.24) is 0 Å². The van der Waals surface area contributed by atoms with E-state index in [0.29, 0.717) is 22.9 Å². The topological polar surface area (TPSA) is 26.3 Å². The van der Waals surface area contributed by atoms with Crippen molar-refractivity contribution >= 4 is 17.9 Å². The van der Waals surface area contributed by atoms with Crippen molar-refractivity contribution in [2.45, 2.75) is 25.7 Å². The zero-order chi connectivity index (χ0) is 12.5. The lowest BCUT2D eigenvalue weighted by molar-refractivity contribution is 0.112. The summed E-state index contributed by atoms with van der Waals surface area (Å²) in [5.74, 6) is 0.640. The molecule has 0 heterocycles. The summed E-state index contributed by atoms with van der Waals surface area (Å²) in [6.07, 6.45) is 7.01. The summed E-state index contributed by atoms with van der Waals surface area (Å²) in [5.41, 5.74) is 0.563. The van der Waals surface area contributed by atoms with Crippen LogP contribution in [0.2, 0.25) is 5.02 Å². The van der Waals surface area contributed by atoms with Crippen LogP contribution in [0.15, 0.2) is 30.9 Å². The Balaban J connectivity index is 2.31. The molecule has 0 spiro atoms. The Morgan fingerprint density at radius 2 is 2.12 bits per heavy atom. The predicted octanol–water partition coefficient (Wildman–Crippen LogP) is 4.28. The summed E-state index contributed by atoms with van der Waals surface area (Å²) in [5, 5.41) is 0.487. The van der Waals surface area contributed by atoms with Crippen LogP contribution in [0.3, 0.4) is 0 Å². The maximum atomic E-state index is 10.5. The molecule has 0 saturated carbocycles. The lowest BCUT2D eigenvalue weighted by Crippen LogP contribution is -1.98. The molecule has 0 aromatic heterocycles. The summed E-state index contributed by atoms with van der Waals surface area (Å²) in [6, 6.07) is 5.04. The normalized spacial score (nSPS) is 9.94. The third-order valence-electron chi connectivity index (χ3n) is 2.40. The zero-order valence-corrected chi connectivity index (χ0v) is 10.6. The number of aldehydes is 1. The number of hydrogen-bond acceptors (Lipinski definition) is 2. The number of allylic oxidation sites excluding steroid dienone is 1. The fourth-order valence-electron chi connectivity index (χ4n) is 1.46. The fraction of sp³-hybridized carbons (Fsp3) is 0.357. The summed E-state index contributed by atoms with van der Waals surface area (Å²) >= 11 is 5.97. The SMILES string of the molecule is C=CCCCCCOc1ccc(C=O)cc1Cl. The number of halogens is 1. The highest BCUT2D eigenvalue weighted by molar-refractivity contribution is 6.32. The quantitative estimate of drug-likeness (QED) is 0.392. The summed E-state index contributed by atoms with van der Waals surface area (Å²) < 4.78 is 5.54. The minimum atomic E-state index is 0.487. The van der Waals surface area contributed by atoms with Crippen LogP contribution in [0, 0.1) is 0 Å². The van der Waals surface area contributed by atoms with Gasteiger partial charge in [-0.1, -0.05) is 17.7 Å². The van der Waals surface area contributed by atoms with E-state index < -0.39 is 0 Å². The number of unbranched alkanes of at least 4 members (excludes halogenated alkanes) is 3. The van der Waals surface area contributed by atoms with Gasteiger partial charge in [-0.25, -0.2) is 0 Å². The Hall–Kier alpha value is -1.28. The summed E-state index contributed by atoms with van der Waals surface area (Å²) in [4.78, 5) is 10.5. The minimum absolute atomic E-state index is 0.487. The molecule has 1 aromatic rings. The Morgan fingerprint density at radius 1 is 1.29 bits per heavy atom. The molecule has 0 aliphatic heterocycles. The molecule has 0 unspecified atom stereocenters. The van der Waals surface area contributed by atoms with E-state index in [-0.39, 0.29) is 0 Å². The number of benzene rings is 1. The van der Waals surface area contributed by atoms with E-state index in [4.69, 9.17) is 16.3 Å². The van der Waals surface area contributed by atoms with Gasteiger partial charge in [-0.2, -0.15) is 0 Å². The Kier molecular flexibility index (Phi) is 6.41. The number of rotatable bonds is 8. The van der Waals surface area contributed by atoms with Crippen LogP contribution in [0.5, 0.6) is 5.75 Å². The molecule has 0 amide bonds. The van der Waals surface area contributed by atoms with Gasteiger partial charge in [0.15, 0.2) is 0 Å². The molecule has 2 nitrogen and oxygen atoms in total. The van der Waals surface area contributed by atoms with E-state index in [1.165, 1.54) is 0 Å². The van der Waals surface area contributed by atoms with Crippen LogP contribution in [0.25, 0.3) is 0 Å². The second-order valence-electron chi connectivity index (χ2n) is 3.79. The highest BCUT2D eigenvalue weighted by Gasteiger charge is 2.02. The van der Waals surface area contributed by atoms with E-state index in [1.807, 2.05) is 6.08 Å². The van der Waals surface area contributed by atoms with Crippen LogP contribution in [-0.2, 0) is 0 Å². The van der Waals surface area contributed by atoms with Gasteiger partial charge >= 0.3 is 0 Å². The average molecular weight is 253 g/mol. The molecule has 3 heteroatoms. The smallest absolute Gasteiger partial charge is 0.150 e. The van der Waals surface area contributed by atoms with Gasteiger partial charge in [0.1, 0.15) is 12.0 Å². The second kappa shape index (κ2) is 7.91. The van der Waals surface area contributed by atoms with E-state index in [2.05, 4.69) is 6.58 Å². The number of carbonyl (C=O) groups excluding carboxylic acids is 1. The third-order valence-corrected chi connectivity index (χ3v) is 2.70. The predicted molar refractivity (Wildman–Crippen MR) is 71.0 cm³/mol. The maximum absolute atomic E-state index is 10.5. The first-order valence-corrected chi connectivity index (χ1v) is 6.14. The van der Waals surface area contributed by atoms with Crippen molar-refractivity contribution in [2.24, 2.45) is 0 Å². The highest BCUT2D eigenvalue weighted by Crippen LogP contribution is 2.25. The van der Waals surface area contributed by atoms with Gasteiger partial charge in [-0.05, 0) is 43.9 Å². The summed E-state index contributed by atoms with van der Waals surface area (Å²) in [7, 11) is 0. The first-order valence-electron chi connectivity index (χ1n) is 5.76. The zero-order valence-electron chi connectivity index (χ0n) is 9.82. The number of hydrogen-bond donors (Lipinski definition) is 0. The Morgan fingerprint density at radius 3 is 2.76 bits per heavy atom. The minimum Gasteiger partial charge on any atom is -0.492 e. The van der Waals surface area contributed by atoms with Crippen molar-refractivity contribution in [3.8, 4) is 5.75 Å². The first-order chi connectivity index (χ1) is 8.27. The molecular weight excluding hydrogens is 236 g/mol. The second-order valence-corrected chi connectivity index (χ2v) is 4.20. The molecule has 0 radical (unpaired) electrons. The lowest BCUT2D eigenvalue weighted by Gasteiger charge is -2.07. The molecule has 0 saturated heterocycles. The van der Waals surface area contributed by atoms with Crippen LogP contribution >= 0.6 is 11.6 Å². The number of carbonyl (C=O) groups is 1. The van der Waals surface area contributed by atoms with Crippen molar-refractivity contribution in [3.05, 3.63) is 41.4 Å². The van der Waals surface area contributed by atoms with Gasteiger partial charge in [0.25, 0.3) is 0 Å². The van der Waals surface area contributed by atoms with Crippen molar-refractivity contribution < 1.29 is 9.53 Å². The van der Waals surface area contributed by atoms with Gasteiger partial charge in [0.2, 0.25) is 0 Å². The molecule has 92 valence electrons. The fourth-order valence-corrected chi connectivity index (χ4v) is 1.70. The van der Waals surface area contributed by atoms with Crippen LogP contribution in [0.1, 0.15) is 36.0 Å². The molecule has 1 aromatic carbocycles. The molecule has 0 aliphatic rings. The average Bonchev–Trinajstić information content (AvgIpc) is 2.35. The molecule has 0 N–H and O–H groups in total. The van der Waals surface area contributed by atoms with Gasteiger partial charge in [0.05, 0.1) is 11.6 Å². The lowest BCUT2D eigenvalue weighted by atomic mass is 10.2. The Bertz CT molecular complexity index is 374. The largest absolute Gasteiger partial charge is 0.492 e. The van der Waals surface area contributed by atoms with Crippen molar-refractivity contribution in [2.75, 3.05) is 6.61 Å². The highest BCUT2D eigenvalue weighted by atomic mass is 35.5. The van der Waals surface area contributed by atoms with Crippen LogP contribution in [-0.4, -0.2) is 12.9 Å². The van der Waals surface area contributed by atoms with Crippen LogP contribution in [0.4, 0.5) is 0 Å². The van der Waals surface area contributed by atoms with Gasteiger partial charge in [-0.3, -0.25) is 4.79 Å². The maximum Gasteiger partial charge on any atom is 0.150 e. The summed E-state index contributed by atoms with van der Waals surface area (Å²) in [6.45, 7) is 4.33. The van der Waals surface area contributed by atoms with E-state index in [1.54, 1.807) is 18.2 Å². The van der Waals surface area contributed by atoms with Crippen molar-refractivity contribution in [3.63, 3.8) is 0 Å². The number of ether oxygens (including phenoxy) is 1. The van der Waals surface area contributed by atoms with Gasteiger partial charge < -0.3 is 4.74 Å². The van der Waals surface area contributed by atoms with Gasteiger partial charge in [0, 0.05) is 5.56 Å². The molecular formula is C14H17ClO2. The van der Waals surface area contributed by atoms with E-state index in [0.717, 1.165) is 32.0 Å². The standard InChI is InChI=1S/C14H17ClO2/c1-2-3-4-5-6-9-17-14-8-7-12(11-16)10-13(14)15/h2,7-8,10-11H,1,3-6,9H2. The van der Waals surface area contributed by atoms with Crippen LogP contribution < -0.4 is 4.74 Å². The van der Waals surface area contributed by atoms with Gasteiger partial charge in [-0.15, -0.1) is 6.58 Å². The molecule has 0 atom stereocenters. The molecule has 0 aliphatic carbocycles. The monoisotopic (exact) mass is 252 g/mol. The molecule has 1 rings (SSSR count).